The van der Waals surface area contributed by atoms with Gasteiger partial charge in [-0.05, 0) is 53.5 Å². The average molecular weight is 466 g/mol. The van der Waals surface area contributed by atoms with Gasteiger partial charge in [0.2, 0.25) is 5.91 Å². The lowest BCUT2D eigenvalue weighted by molar-refractivity contribution is -0.160. The van der Waals surface area contributed by atoms with Crippen LogP contribution in [0.15, 0.2) is 30.3 Å². The molecule has 0 fully saturated rings. The van der Waals surface area contributed by atoms with Crippen LogP contribution in [0.4, 0.5) is 4.79 Å². The van der Waals surface area contributed by atoms with Crippen molar-refractivity contribution in [3.63, 3.8) is 0 Å². The molecule has 0 bridgehead atoms. The van der Waals surface area contributed by atoms with Crippen LogP contribution in [0.5, 0.6) is 0 Å². The quantitative estimate of drug-likeness (QED) is 0.402. The lowest BCUT2D eigenvalue weighted by atomic mass is 10.1. The van der Waals surface area contributed by atoms with Gasteiger partial charge < -0.3 is 24.8 Å². The van der Waals surface area contributed by atoms with Crippen molar-refractivity contribution in [1.82, 2.24) is 10.6 Å². The lowest BCUT2D eigenvalue weighted by Crippen LogP contribution is -2.45. The van der Waals surface area contributed by atoms with Crippen LogP contribution in [0, 0.1) is 0 Å². The summed E-state index contributed by atoms with van der Waals surface area (Å²) in [5.41, 5.74) is -0.687. The van der Waals surface area contributed by atoms with E-state index in [4.69, 9.17) is 15.6 Å². The number of rotatable bonds is 10. The highest BCUT2D eigenvalue weighted by Gasteiger charge is 2.28. The number of esters is 2. The first-order valence-electron chi connectivity index (χ1n) is 11.3. The Hall–Kier alpha value is -3.10. The Kier molecular flexibility index (Phi) is 10.2. The van der Waals surface area contributed by atoms with Crippen molar-refractivity contribution in [2.45, 2.75) is 84.7 Å². The molecule has 0 saturated carbocycles. The van der Waals surface area contributed by atoms with E-state index in [1.807, 2.05) is 6.07 Å². The second kappa shape index (κ2) is 12.8. The average Bonchev–Trinajstić information content (AvgIpc) is 2.71. The molecule has 9 heteroatoms. The summed E-state index contributed by atoms with van der Waals surface area (Å²) < 4.78 is 23.4. The first kappa shape index (κ1) is 26.2. The predicted molar refractivity (Wildman–Crippen MR) is 122 cm³/mol. The first-order chi connectivity index (χ1) is 15.7. The molecule has 0 aliphatic rings. The van der Waals surface area contributed by atoms with Gasteiger partial charge >= 0.3 is 18.0 Å². The molecule has 0 aliphatic heterocycles. The first-order valence-corrected chi connectivity index (χ1v) is 10.9. The third kappa shape index (κ3) is 13.8. The van der Waals surface area contributed by atoms with Gasteiger partial charge in [0.25, 0.3) is 0 Å². The molecular weight excluding hydrogens is 428 g/mol. The van der Waals surface area contributed by atoms with E-state index in [2.05, 4.69) is 5.32 Å². The third-order valence-corrected chi connectivity index (χ3v) is 3.87. The Morgan fingerprint density at radius 2 is 1.55 bits per heavy atom. The second-order valence-corrected chi connectivity index (χ2v) is 9.45. The van der Waals surface area contributed by atoms with Crippen LogP contribution in [-0.4, -0.2) is 47.7 Å². The normalized spacial score (nSPS) is 12.7. The molecule has 0 aliphatic carbocycles. The number of amides is 2. The molecule has 2 N–H and O–H groups in total. The molecule has 0 radical (unpaired) electrons. The van der Waals surface area contributed by atoms with Crippen molar-refractivity contribution in [2.24, 2.45) is 0 Å². The van der Waals surface area contributed by atoms with E-state index in [9.17, 15) is 19.2 Å². The molecule has 0 aromatic heterocycles. The standard InChI is InChI=1S/C24H36N2O7/c1-23(2,3)32-20(28)13-12-18(21(29)33-24(4,5)6)26-19(27)14-15-25-22(30)31-16-17-10-8-7-9-11-17/h7-11,18H,12-16H2,1-6H3,(H,25,30)(H,26,27)/t18-/m0/s1/i/hD. The number of hydrogen-bond donors (Lipinski definition) is 2. The molecule has 2 amide bonds. The van der Waals surface area contributed by atoms with E-state index in [1.165, 1.54) is 0 Å². The number of nitrogens with one attached hydrogen (secondary N) is 2. The minimum atomic E-state index is -1.08. The fourth-order valence-corrected chi connectivity index (χ4v) is 2.56. The van der Waals surface area contributed by atoms with Gasteiger partial charge in [-0.3, -0.25) is 9.59 Å². The molecule has 1 aromatic rings. The Labute approximate surface area is 197 Å². The van der Waals surface area contributed by atoms with Gasteiger partial charge in [-0.25, -0.2) is 9.59 Å². The molecule has 33 heavy (non-hydrogen) atoms. The van der Waals surface area contributed by atoms with Crippen LogP contribution in [0.2, 0.25) is 1.41 Å². The Balaban J connectivity index is 2.60. The lowest BCUT2D eigenvalue weighted by Gasteiger charge is -2.25. The maximum Gasteiger partial charge on any atom is 0.407 e. The maximum atomic E-state index is 12.5. The molecule has 1 atom stereocenters. The summed E-state index contributed by atoms with van der Waals surface area (Å²) in [5, 5.41) is 3.06. The summed E-state index contributed by atoms with van der Waals surface area (Å²) in [4.78, 5) is 49.0. The van der Waals surface area contributed by atoms with Crippen LogP contribution in [-0.2, 0) is 35.2 Å². The minimum absolute atomic E-state index is 0.00658. The summed E-state index contributed by atoms with van der Waals surface area (Å²) in [6.07, 6.45) is -1.25. The van der Waals surface area contributed by atoms with Crippen molar-refractivity contribution >= 4 is 23.9 Å². The van der Waals surface area contributed by atoms with E-state index < -0.39 is 41.2 Å². The van der Waals surface area contributed by atoms with Crippen molar-refractivity contribution < 1.29 is 34.8 Å². The van der Waals surface area contributed by atoms with E-state index in [0.717, 1.165) is 5.56 Å². The number of carbonyl (C=O) groups excluding carboxylic acids is 4. The predicted octanol–water partition coefficient (Wildman–Crippen LogP) is 3.25. The van der Waals surface area contributed by atoms with Gasteiger partial charge in [-0.15, -0.1) is 0 Å². The second-order valence-electron chi connectivity index (χ2n) is 9.45. The SMILES string of the molecule is [2H]N(CCC(=O)N[C@@H](CCC(=O)OC(C)(C)C)C(=O)OC(C)(C)C)C(=O)OCc1ccccc1. The molecule has 1 rings (SSSR count). The number of benzene rings is 1. The smallest absolute Gasteiger partial charge is 0.407 e. The van der Waals surface area contributed by atoms with E-state index in [-0.39, 0.29) is 32.4 Å². The van der Waals surface area contributed by atoms with Crippen molar-refractivity contribution in [3.05, 3.63) is 35.9 Å². The summed E-state index contributed by atoms with van der Waals surface area (Å²) in [7, 11) is 0. The maximum absolute atomic E-state index is 12.5. The minimum Gasteiger partial charge on any atom is -0.460 e. The molecule has 9 nitrogen and oxygen atoms in total. The van der Waals surface area contributed by atoms with Gasteiger partial charge in [-0.2, -0.15) is 0 Å². The van der Waals surface area contributed by atoms with Crippen molar-refractivity contribution in [1.29, 1.82) is 0 Å². The topological polar surface area (TPSA) is 120 Å². The molecule has 0 spiro atoms. The summed E-state index contributed by atoms with van der Waals surface area (Å²) >= 11 is 0. The largest absolute Gasteiger partial charge is 0.460 e. The highest BCUT2D eigenvalue weighted by atomic mass is 16.6. The summed E-state index contributed by atoms with van der Waals surface area (Å²) in [5.74, 6) is -1.77. The monoisotopic (exact) mass is 465 g/mol. The number of hydrogen-bond acceptors (Lipinski definition) is 7. The zero-order valence-electron chi connectivity index (χ0n) is 21.3. The Morgan fingerprint density at radius 1 is 0.939 bits per heavy atom. The Morgan fingerprint density at radius 3 is 2.12 bits per heavy atom. The van der Waals surface area contributed by atoms with Gasteiger partial charge in [0.15, 0.2) is 1.41 Å². The van der Waals surface area contributed by atoms with E-state index in [0.29, 0.717) is 5.31 Å². The van der Waals surface area contributed by atoms with Crippen LogP contribution in [0.3, 0.4) is 0 Å². The number of carbonyl (C=O) groups is 4. The molecular formula is C24H36N2O7. The van der Waals surface area contributed by atoms with Crippen molar-refractivity contribution in [3.8, 4) is 0 Å². The fraction of sp³-hybridized carbons (Fsp3) is 0.583. The summed E-state index contributed by atoms with van der Waals surface area (Å²) in [6, 6.07) is 7.92. The molecule has 184 valence electrons. The Bertz CT molecular complexity index is 832. The zero-order chi connectivity index (χ0) is 25.9. The zero-order valence-corrected chi connectivity index (χ0v) is 20.3. The highest BCUT2D eigenvalue weighted by molar-refractivity contribution is 5.85. The van der Waals surface area contributed by atoms with Gasteiger partial charge in [-0.1, -0.05) is 30.3 Å². The molecule has 0 heterocycles. The number of alkyl carbamates (subject to hydrolysis) is 1. The van der Waals surface area contributed by atoms with Crippen molar-refractivity contribution in [2.75, 3.05) is 6.54 Å². The van der Waals surface area contributed by atoms with E-state index >= 15 is 0 Å². The number of ether oxygens (including phenoxy) is 3. The molecule has 0 unspecified atom stereocenters. The van der Waals surface area contributed by atoms with Crippen LogP contribution >= 0.6 is 0 Å². The van der Waals surface area contributed by atoms with Crippen LogP contribution in [0.1, 0.15) is 66.4 Å². The third-order valence-electron chi connectivity index (χ3n) is 3.87. The molecule has 0 saturated heterocycles. The fourth-order valence-electron chi connectivity index (χ4n) is 2.56. The van der Waals surface area contributed by atoms with Gasteiger partial charge in [0, 0.05) is 19.4 Å². The van der Waals surface area contributed by atoms with Gasteiger partial charge in [0.1, 0.15) is 23.9 Å². The summed E-state index contributed by atoms with van der Waals surface area (Å²) in [6.45, 7) is 10.0. The highest BCUT2D eigenvalue weighted by Crippen LogP contribution is 2.13. The van der Waals surface area contributed by atoms with Gasteiger partial charge in [0.05, 0.1) is 0 Å². The van der Waals surface area contributed by atoms with E-state index in [1.54, 1.807) is 65.8 Å². The van der Waals surface area contributed by atoms with Crippen LogP contribution in [0.25, 0.3) is 0 Å². The van der Waals surface area contributed by atoms with Crippen LogP contribution < -0.4 is 10.6 Å². The molecule has 1 aromatic carbocycles.